The highest BCUT2D eigenvalue weighted by molar-refractivity contribution is 6.46. The predicted octanol–water partition coefficient (Wildman–Crippen LogP) is 4.36. The van der Waals surface area contributed by atoms with Gasteiger partial charge in [0, 0.05) is 5.69 Å². The predicted molar refractivity (Wildman–Crippen MR) is 102 cm³/mol. The molecule has 0 radical (unpaired) electrons. The molecule has 0 spiro atoms. The van der Waals surface area contributed by atoms with Crippen molar-refractivity contribution in [1.29, 1.82) is 0 Å². The summed E-state index contributed by atoms with van der Waals surface area (Å²) in [7, 11) is 0. The molecule has 0 bridgehead atoms. The molecular weight excluding hydrogens is 362 g/mol. The number of carbonyl (C=O) groups excluding carboxylic acids is 2. The summed E-state index contributed by atoms with van der Waals surface area (Å²) < 4.78 is 27.0. The molecular formula is C22H14F2N2O2. The number of rotatable bonds is 4. The highest BCUT2D eigenvalue weighted by atomic mass is 19.1. The Hall–Kier alpha value is -3.80. The van der Waals surface area contributed by atoms with Crippen molar-refractivity contribution in [2.75, 3.05) is 10.2 Å². The minimum absolute atomic E-state index is 0.0482. The Morgan fingerprint density at radius 1 is 0.714 bits per heavy atom. The Kier molecular flexibility index (Phi) is 4.45. The molecule has 0 aliphatic carbocycles. The average Bonchev–Trinajstić information content (AvgIpc) is 2.93. The molecule has 1 heterocycles. The van der Waals surface area contributed by atoms with Crippen LogP contribution in [0.1, 0.15) is 5.56 Å². The van der Waals surface area contributed by atoms with Gasteiger partial charge in [0.15, 0.2) is 0 Å². The van der Waals surface area contributed by atoms with Crippen LogP contribution in [0.25, 0.3) is 5.57 Å². The van der Waals surface area contributed by atoms with Crippen LogP contribution in [0.5, 0.6) is 0 Å². The standard InChI is InChI=1S/C22H14F2N2O2/c23-15-11-9-14(10-12-15)19-20(25-17-6-2-1-3-7-17)22(28)26(21(19)27)18-8-4-5-16(24)13-18/h1-13,25H. The first kappa shape index (κ1) is 17.6. The molecule has 0 aromatic heterocycles. The summed E-state index contributed by atoms with van der Waals surface area (Å²) in [6, 6.07) is 19.4. The maximum Gasteiger partial charge on any atom is 0.282 e. The van der Waals surface area contributed by atoms with Gasteiger partial charge in [-0.25, -0.2) is 13.7 Å². The number of para-hydroxylation sites is 1. The van der Waals surface area contributed by atoms with Crippen LogP contribution in [0, 0.1) is 11.6 Å². The third-order valence-corrected chi connectivity index (χ3v) is 4.33. The van der Waals surface area contributed by atoms with E-state index in [1.807, 2.05) is 6.07 Å². The molecule has 0 atom stereocenters. The molecule has 1 aliphatic rings. The number of halogens is 2. The fraction of sp³-hybridized carbons (Fsp3) is 0. The molecule has 0 unspecified atom stereocenters. The largest absolute Gasteiger partial charge is 0.350 e. The molecule has 28 heavy (non-hydrogen) atoms. The lowest BCUT2D eigenvalue weighted by molar-refractivity contribution is -0.120. The third-order valence-electron chi connectivity index (χ3n) is 4.33. The lowest BCUT2D eigenvalue weighted by Crippen LogP contribution is -2.32. The van der Waals surface area contributed by atoms with E-state index >= 15 is 0 Å². The van der Waals surface area contributed by atoms with Crippen molar-refractivity contribution in [2.24, 2.45) is 0 Å². The number of amides is 2. The molecule has 4 rings (SSSR count). The normalized spacial score (nSPS) is 14.0. The van der Waals surface area contributed by atoms with Crippen molar-refractivity contribution in [3.05, 3.63) is 102 Å². The van der Waals surface area contributed by atoms with E-state index in [9.17, 15) is 18.4 Å². The van der Waals surface area contributed by atoms with Crippen molar-refractivity contribution in [3.8, 4) is 0 Å². The zero-order valence-electron chi connectivity index (χ0n) is 14.5. The van der Waals surface area contributed by atoms with Gasteiger partial charge in [0.25, 0.3) is 11.8 Å². The van der Waals surface area contributed by atoms with E-state index in [0.29, 0.717) is 11.3 Å². The third kappa shape index (κ3) is 3.16. The van der Waals surface area contributed by atoms with Gasteiger partial charge < -0.3 is 5.32 Å². The Morgan fingerprint density at radius 2 is 1.43 bits per heavy atom. The number of hydrogen-bond acceptors (Lipinski definition) is 3. The summed E-state index contributed by atoms with van der Waals surface area (Å²) in [4.78, 5) is 27.1. The fourth-order valence-corrected chi connectivity index (χ4v) is 3.05. The quantitative estimate of drug-likeness (QED) is 0.689. The average molecular weight is 376 g/mol. The van der Waals surface area contributed by atoms with Crippen LogP contribution in [0.2, 0.25) is 0 Å². The lowest BCUT2D eigenvalue weighted by atomic mass is 10.0. The highest BCUT2D eigenvalue weighted by Crippen LogP contribution is 2.33. The van der Waals surface area contributed by atoms with E-state index in [1.54, 1.807) is 24.3 Å². The van der Waals surface area contributed by atoms with Crippen LogP contribution in [-0.2, 0) is 9.59 Å². The molecule has 2 amide bonds. The van der Waals surface area contributed by atoms with Crippen LogP contribution >= 0.6 is 0 Å². The van der Waals surface area contributed by atoms with Crippen LogP contribution in [0.3, 0.4) is 0 Å². The van der Waals surface area contributed by atoms with Gasteiger partial charge in [-0.3, -0.25) is 9.59 Å². The number of anilines is 2. The number of nitrogens with zero attached hydrogens (tertiary/aromatic N) is 1. The second kappa shape index (κ2) is 7.08. The van der Waals surface area contributed by atoms with Crippen LogP contribution < -0.4 is 10.2 Å². The molecule has 6 heteroatoms. The molecule has 0 saturated heterocycles. The summed E-state index contributed by atoms with van der Waals surface area (Å²) in [6.07, 6.45) is 0. The van der Waals surface area contributed by atoms with Gasteiger partial charge in [0.2, 0.25) is 0 Å². The monoisotopic (exact) mass is 376 g/mol. The first-order valence-corrected chi connectivity index (χ1v) is 8.51. The van der Waals surface area contributed by atoms with Crippen LogP contribution in [-0.4, -0.2) is 11.8 Å². The summed E-state index contributed by atoms with van der Waals surface area (Å²) in [5.41, 5.74) is 1.26. The molecule has 0 fully saturated rings. The number of imide groups is 1. The molecule has 1 N–H and O–H groups in total. The summed E-state index contributed by atoms with van der Waals surface area (Å²) in [6.45, 7) is 0. The van der Waals surface area contributed by atoms with Gasteiger partial charge in [-0.15, -0.1) is 0 Å². The smallest absolute Gasteiger partial charge is 0.282 e. The van der Waals surface area contributed by atoms with Crippen LogP contribution in [0.15, 0.2) is 84.6 Å². The van der Waals surface area contributed by atoms with Gasteiger partial charge in [0.1, 0.15) is 17.3 Å². The minimum Gasteiger partial charge on any atom is -0.350 e. The van der Waals surface area contributed by atoms with E-state index in [-0.39, 0.29) is 17.0 Å². The zero-order valence-corrected chi connectivity index (χ0v) is 14.5. The van der Waals surface area contributed by atoms with E-state index in [0.717, 1.165) is 11.0 Å². The second-order valence-electron chi connectivity index (χ2n) is 6.17. The van der Waals surface area contributed by atoms with Crippen molar-refractivity contribution < 1.29 is 18.4 Å². The van der Waals surface area contributed by atoms with Gasteiger partial charge in [0.05, 0.1) is 11.3 Å². The van der Waals surface area contributed by atoms with Crippen molar-refractivity contribution >= 4 is 28.8 Å². The number of carbonyl (C=O) groups is 2. The molecule has 4 nitrogen and oxygen atoms in total. The first-order valence-electron chi connectivity index (χ1n) is 8.51. The van der Waals surface area contributed by atoms with Gasteiger partial charge >= 0.3 is 0 Å². The Bertz CT molecular complexity index is 1090. The number of hydrogen-bond donors (Lipinski definition) is 1. The second-order valence-corrected chi connectivity index (χ2v) is 6.17. The summed E-state index contributed by atoms with van der Waals surface area (Å²) in [5, 5.41) is 2.98. The van der Waals surface area contributed by atoms with Crippen molar-refractivity contribution in [1.82, 2.24) is 0 Å². The molecule has 138 valence electrons. The minimum atomic E-state index is -0.612. The van der Waals surface area contributed by atoms with E-state index in [4.69, 9.17) is 0 Å². The topological polar surface area (TPSA) is 49.4 Å². The van der Waals surface area contributed by atoms with Crippen LogP contribution in [0.4, 0.5) is 20.2 Å². The lowest BCUT2D eigenvalue weighted by Gasteiger charge is -2.15. The van der Waals surface area contributed by atoms with E-state index in [2.05, 4.69) is 5.32 Å². The number of nitrogens with one attached hydrogen (secondary N) is 1. The van der Waals surface area contributed by atoms with E-state index in [1.165, 1.54) is 42.5 Å². The maximum absolute atomic E-state index is 13.7. The number of benzene rings is 3. The summed E-state index contributed by atoms with van der Waals surface area (Å²) in [5.74, 6) is -2.24. The molecule has 1 aliphatic heterocycles. The molecule has 3 aromatic rings. The summed E-state index contributed by atoms with van der Waals surface area (Å²) >= 11 is 0. The van der Waals surface area contributed by atoms with E-state index < -0.39 is 23.4 Å². The van der Waals surface area contributed by atoms with Gasteiger partial charge in [-0.05, 0) is 48.0 Å². The van der Waals surface area contributed by atoms with Crippen molar-refractivity contribution in [3.63, 3.8) is 0 Å². The van der Waals surface area contributed by atoms with Gasteiger partial charge in [-0.2, -0.15) is 0 Å². The molecule has 0 saturated carbocycles. The Labute approximate surface area is 159 Å². The Balaban J connectivity index is 1.83. The first-order chi connectivity index (χ1) is 13.5. The SMILES string of the molecule is O=C1C(Nc2ccccc2)=C(c2ccc(F)cc2)C(=O)N1c1cccc(F)c1. The maximum atomic E-state index is 13.7. The molecule has 3 aromatic carbocycles. The fourth-order valence-electron chi connectivity index (χ4n) is 3.05. The van der Waals surface area contributed by atoms with Gasteiger partial charge in [-0.1, -0.05) is 36.4 Å². The highest BCUT2D eigenvalue weighted by Gasteiger charge is 2.40. The van der Waals surface area contributed by atoms with Crippen molar-refractivity contribution in [2.45, 2.75) is 0 Å². The Morgan fingerprint density at radius 3 is 2.11 bits per heavy atom. The zero-order chi connectivity index (χ0) is 19.7.